The largest absolute Gasteiger partial charge is 0.309 e. The van der Waals surface area contributed by atoms with Crippen molar-refractivity contribution >= 4 is 22.9 Å². The van der Waals surface area contributed by atoms with Gasteiger partial charge in [0.25, 0.3) is 0 Å². The Bertz CT molecular complexity index is 559. The van der Waals surface area contributed by atoms with Gasteiger partial charge in [0.2, 0.25) is 0 Å². The standard InChI is InChI=1S/C15H22ClN3S/c1-5-17-13(15-14(16)11(4)9-20-15)8-12-6-7-19(18-12)10(2)3/h6-7,9-10,13,17H,5,8H2,1-4H3. The second-order valence-electron chi connectivity index (χ2n) is 5.29. The van der Waals surface area contributed by atoms with Gasteiger partial charge in [-0.1, -0.05) is 18.5 Å². The predicted octanol–water partition coefficient (Wildman–Crippen LogP) is 4.38. The molecule has 0 aliphatic carbocycles. The van der Waals surface area contributed by atoms with Crippen LogP contribution in [0.1, 0.15) is 49.0 Å². The summed E-state index contributed by atoms with van der Waals surface area (Å²) in [6.07, 6.45) is 2.91. The highest BCUT2D eigenvalue weighted by atomic mass is 35.5. The molecule has 1 atom stereocenters. The molecule has 0 aromatic carbocycles. The first-order valence-electron chi connectivity index (χ1n) is 7.03. The zero-order valence-electron chi connectivity index (χ0n) is 12.5. The van der Waals surface area contributed by atoms with Crippen molar-refractivity contribution in [3.05, 3.63) is 38.8 Å². The molecule has 0 amide bonds. The Morgan fingerprint density at radius 2 is 2.20 bits per heavy atom. The van der Waals surface area contributed by atoms with E-state index in [2.05, 4.69) is 49.6 Å². The number of hydrogen-bond donors (Lipinski definition) is 1. The van der Waals surface area contributed by atoms with Crippen LogP contribution in [0.5, 0.6) is 0 Å². The number of hydrogen-bond acceptors (Lipinski definition) is 3. The van der Waals surface area contributed by atoms with Crippen LogP contribution in [0.25, 0.3) is 0 Å². The lowest BCUT2D eigenvalue weighted by Crippen LogP contribution is -2.22. The fraction of sp³-hybridized carbons (Fsp3) is 0.533. The third kappa shape index (κ3) is 3.43. The van der Waals surface area contributed by atoms with Crippen LogP contribution >= 0.6 is 22.9 Å². The molecule has 20 heavy (non-hydrogen) atoms. The van der Waals surface area contributed by atoms with E-state index in [1.54, 1.807) is 11.3 Å². The van der Waals surface area contributed by atoms with Gasteiger partial charge >= 0.3 is 0 Å². The number of halogens is 1. The molecule has 110 valence electrons. The molecule has 2 heterocycles. The van der Waals surface area contributed by atoms with Crippen molar-refractivity contribution in [1.29, 1.82) is 0 Å². The molecule has 0 spiro atoms. The zero-order valence-corrected chi connectivity index (χ0v) is 14.1. The molecule has 0 saturated carbocycles. The van der Waals surface area contributed by atoms with Gasteiger partial charge in [-0.25, -0.2) is 0 Å². The molecule has 2 rings (SSSR count). The van der Waals surface area contributed by atoms with Crippen LogP contribution in [0, 0.1) is 6.92 Å². The van der Waals surface area contributed by atoms with E-state index in [1.165, 1.54) is 4.88 Å². The number of aromatic nitrogens is 2. The lowest BCUT2D eigenvalue weighted by atomic mass is 10.1. The fourth-order valence-electron chi connectivity index (χ4n) is 2.17. The first-order chi connectivity index (χ1) is 9.52. The first-order valence-corrected chi connectivity index (χ1v) is 8.29. The Labute approximate surface area is 130 Å². The van der Waals surface area contributed by atoms with Gasteiger partial charge in [0.15, 0.2) is 0 Å². The van der Waals surface area contributed by atoms with E-state index in [9.17, 15) is 0 Å². The molecule has 0 radical (unpaired) electrons. The third-order valence-electron chi connectivity index (χ3n) is 3.30. The van der Waals surface area contributed by atoms with E-state index < -0.39 is 0 Å². The van der Waals surface area contributed by atoms with Crippen molar-refractivity contribution in [2.24, 2.45) is 0 Å². The van der Waals surface area contributed by atoms with E-state index in [0.29, 0.717) is 6.04 Å². The molecule has 0 fully saturated rings. The van der Waals surface area contributed by atoms with Crippen LogP contribution in [0.2, 0.25) is 5.02 Å². The average molecular weight is 312 g/mol. The monoisotopic (exact) mass is 311 g/mol. The molecular weight excluding hydrogens is 290 g/mol. The van der Waals surface area contributed by atoms with Crippen molar-refractivity contribution in [2.75, 3.05) is 6.54 Å². The lowest BCUT2D eigenvalue weighted by Gasteiger charge is -2.16. The van der Waals surface area contributed by atoms with Gasteiger partial charge in [-0.15, -0.1) is 11.3 Å². The molecule has 1 N–H and O–H groups in total. The molecule has 0 aliphatic heterocycles. The van der Waals surface area contributed by atoms with Gasteiger partial charge in [-0.3, -0.25) is 4.68 Å². The normalized spacial score (nSPS) is 13.1. The van der Waals surface area contributed by atoms with Crippen LogP contribution < -0.4 is 5.32 Å². The SMILES string of the molecule is CCNC(Cc1ccn(C(C)C)n1)c1scc(C)c1Cl. The summed E-state index contributed by atoms with van der Waals surface area (Å²) in [5.41, 5.74) is 2.26. The van der Waals surface area contributed by atoms with E-state index in [-0.39, 0.29) is 6.04 Å². The maximum Gasteiger partial charge on any atom is 0.0644 e. The van der Waals surface area contributed by atoms with Gasteiger partial charge in [0.05, 0.1) is 10.7 Å². The Balaban J connectivity index is 2.18. The number of likely N-dealkylation sites (N-methyl/N-ethyl adjacent to an activating group) is 1. The Kier molecular flexibility index (Phi) is 5.24. The highest BCUT2D eigenvalue weighted by molar-refractivity contribution is 7.10. The third-order valence-corrected chi connectivity index (χ3v) is 5.13. The van der Waals surface area contributed by atoms with E-state index in [4.69, 9.17) is 11.6 Å². The van der Waals surface area contributed by atoms with Crippen molar-refractivity contribution < 1.29 is 0 Å². The van der Waals surface area contributed by atoms with Crippen LogP contribution in [0.3, 0.4) is 0 Å². The summed E-state index contributed by atoms with van der Waals surface area (Å²) in [4.78, 5) is 1.21. The van der Waals surface area contributed by atoms with Crippen LogP contribution in [0.15, 0.2) is 17.6 Å². The fourth-order valence-corrected chi connectivity index (χ4v) is 3.57. The van der Waals surface area contributed by atoms with Crippen LogP contribution in [-0.2, 0) is 6.42 Å². The van der Waals surface area contributed by atoms with Crippen molar-refractivity contribution in [1.82, 2.24) is 15.1 Å². The van der Waals surface area contributed by atoms with Gasteiger partial charge < -0.3 is 5.32 Å². The van der Waals surface area contributed by atoms with Crippen molar-refractivity contribution in [3.63, 3.8) is 0 Å². The summed E-state index contributed by atoms with van der Waals surface area (Å²) in [5, 5.41) is 11.2. The smallest absolute Gasteiger partial charge is 0.0644 e. The summed E-state index contributed by atoms with van der Waals surface area (Å²) in [7, 11) is 0. The maximum absolute atomic E-state index is 6.41. The summed E-state index contributed by atoms with van der Waals surface area (Å²) in [6.45, 7) is 9.37. The number of nitrogens with zero attached hydrogens (tertiary/aromatic N) is 2. The average Bonchev–Trinajstić information content (AvgIpc) is 2.98. The molecular formula is C15H22ClN3S. The molecule has 0 bridgehead atoms. The zero-order chi connectivity index (χ0) is 14.7. The summed E-state index contributed by atoms with van der Waals surface area (Å²) in [6, 6.07) is 2.73. The molecule has 1 unspecified atom stereocenters. The van der Waals surface area contributed by atoms with Crippen LogP contribution in [0.4, 0.5) is 0 Å². The quantitative estimate of drug-likeness (QED) is 0.858. The lowest BCUT2D eigenvalue weighted by molar-refractivity contribution is 0.509. The molecule has 3 nitrogen and oxygen atoms in total. The minimum atomic E-state index is 0.238. The number of thiophene rings is 1. The minimum Gasteiger partial charge on any atom is -0.309 e. The minimum absolute atomic E-state index is 0.238. The molecule has 5 heteroatoms. The maximum atomic E-state index is 6.41. The van der Waals surface area contributed by atoms with E-state index >= 15 is 0 Å². The van der Waals surface area contributed by atoms with Crippen LogP contribution in [-0.4, -0.2) is 16.3 Å². The highest BCUT2D eigenvalue weighted by Crippen LogP contribution is 2.33. The highest BCUT2D eigenvalue weighted by Gasteiger charge is 2.19. The van der Waals surface area contributed by atoms with Crippen molar-refractivity contribution in [2.45, 2.75) is 46.2 Å². The molecule has 2 aromatic heterocycles. The Morgan fingerprint density at radius 1 is 1.45 bits per heavy atom. The molecule has 0 aliphatic rings. The summed E-state index contributed by atoms with van der Waals surface area (Å²) >= 11 is 8.13. The van der Waals surface area contributed by atoms with Crippen molar-refractivity contribution in [3.8, 4) is 0 Å². The summed E-state index contributed by atoms with van der Waals surface area (Å²) in [5.74, 6) is 0. The van der Waals surface area contributed by atoms with E-state index in [1.807, 2.05) is 10.9 Å². The second kappa shape index (κ2) is 6.74. The van der Waals surface area contributed by atoms with Gasteiger partial charge in [-0.05, 0) is 44.3 Å². The molecule has 2 aromatic rings. The number of nitrogens with one attached hydrogen (secondary N) is 1. The number of aryl methyl sites for hydroxylation is 1. The van der Waals surface area contributed by atoms with Gasteiger partial charge in [0, 0.05) is 29.6 Å². The second-order valence-corrected chi connectivity index (χ2v) is 6.58. The number of rotatable bonds is 6. The Morgan fingerprint density at radius 3 is 2.70 bits per heavy atom. The van der Waals surface area contributed by atoms with Gasteiger partial charge in [-0.2, -0.15) is 5.10 Å². The topological polar surface area (TPSA) is 29.9 Å². The summed E-state index contributed by atoms with van der Waals surface area (Å²) < 4.78 is 2.00. The Hall–Kier alpha value is -0.840. The van der Waals surface area contributed by atoms with E-state index in [0.717, 1.165) is 29.2 Å². The van der Waals surface area contributed by atoms with Gasteiger partial charge in [0.1, 0.15) is 0 Å². The molecule has 0 saturated heterocycles. The first kappa shape index (κ1) is 15.5. The predicted molar refractivity (Wildman–Crippen MR) is 86.8 cm³/mol.